The molecule has 0 spiro atoms. The summed E-state index contributed by atoms with van der Waals surface area (Å²) in [4.78, 5) is 5.92. The molecule has 1 saturated heterocycles. The van der Waals surface area contributed by atoms with Gasteiger partial charge in [0.1, 0.15) is 0 Å². The van der Waals surface area contributed by atoms with Gasteiger partial charge in [0, 0.05) is 47.8 Å². The zero-order chi connectivity index (χ0) is 13.1. The molecule has 0 aliphatic carbocycles. The molecule has 0 saturated carbocycles. The van der Waals surface area contributed by atoms with E-state index in [4.69, 9.17) is 0 Å². The number of aryl methyl sites for hydroxylation is 1. The molecule has 1 fully saturated rings. The fourth-order valence-electron chi connectivity index (χ4n) is 2.83. The third-order valence-electron chi connectivity index (χ3n) is 3.87. The fourth-order valence-corrected chi connectivity index (χ4v) is 3.45. The van der Waals surface area contributed by atoms with Crippen LogP contribution in [0.1, 0.15) is 12.0 Å². The van der Waals surface area contributed by atoms with Crippen molar-refractivity contribution < 1.29 is 0 Å². The maximum atomic E-state index is 3.66. The van der Waals surface area contributed by atoms with Crippen molar-refractivity contribution in [1.82, 2.24) is 15.2 Å². The van der Waals surface area contributed by atoms with Crippen LogP contribution in [0.5, 0.6) is 0 Å². The van der Waals surface area contributed by atoms with E-state index in [9.17, 15) is 0 Å². The Morgan fingerprint density at radius 3 is 2.89 bits per heavy atom. The summed E-state index contributed by atoms with van der Waals surface area (Å²) in [6, 6.07) is 6.34. The minimum absolute atomic E-state index is 1.14. The van der Waals surface area contributed by atoms with Gasteiger partial charge in [-0.2, -0.15) is 0 Å². The van der Waals surface area contributed by atoms with Gasteiger partial charge in [-0.3, -0.25) is 0 Å². The summed E-state index contributed by atoms with van der Waals surface area (Å²) in [7, 11) is 0. The molecule has 1 aliphatic heterocycles. The normalized spacial score (nSPS) is 17.1. The van der Waals surface area contributed by atoms with E-state index in [1.54, 1.807) is 0 Å². The Kier molecular flexibility index (Phi) is 4.21. The lowest BCUT2D eigenvalue weighted by Gasteiger charge is -2.26. The number of hydrogen-bond donors (Lipinski definition) is 2. The van der Waals surface area contributed by atoms with E-state index < -0.39 is 0 Å². The van der Waals surface area contributed by atoms with Gasteiger partial charge in [-0.05, 0) is 37.1 Å². The molecule has 1 aromatic carbocycles. The lowest BCUT2D eigenvalue weighted by molar-refractivity contribution is 0.238. The molecule has 0 amide bonds. The Hall–Kier alpha value is -0.840. The van der Waals surface area contributed by atoms with E-state index >= 15 is 0 Å². The summed E-state index contributed by atoms with van der Waals surface area (Å²) < 4.78 is 1.20. The number of H-pyrrole nitrogens is 1. The van der Waals surface area contributed by atoms with Crippen molar-refractivity contribution in [3.63, 3.8) is 0 Å². The van der Waals surface area contributed by atoms with Crippen molar-refractivity contribution in [2.75, 3.05) is 32.7 Å². The number of rotatable bonds is 4. The van der Waals surface area contributed by atoms with E-state index in [2.05, 4.69) is 55.5 Å². The first-order valence-corrected chi connectivity index (χ1v) is 7.81. The molecule has 3 nitrogen and oxygen atoms in total. The first kappa shape index (κ1) is 13.2. The van der Waals surface area contributed by atoms with Crippen molar-refractivity contribution in [2.24, 2.45) is 0 Å². The number of aromatic nitrogens is 1. The topological polar surface area (TPSA) is 31.1 Å². The van der Waals surface area contributed by atoms with E-state index in [1.165, 1.54) is 47.0 Å². The summed E-state index contributed by atoms with van der Waals surface area (Å²) in [5.74, 6) is 0. The third kappa shape index (κ3) is 3.02. The molecule has 0 atom stereocenters. The van der Waals surface area contributed by atoms with Gasteiger partial charge in [0.25, 0.3) is 0 Å². The van der Waals surface area contributed by atoms with Gasteiger partial charge in [-0.1, -0.05) is 22.0 Å². The minimum atomic E-state index is 1.14. The summed E-state index contributed by atoms with van der Waals surface area (Å²) in [6.45, 7) is 5.87. The van der Waals surface area contributed by atoms with Crippen LogP contribution in [-0.4, -0.2) is 42.6 Å². The highest BCUT2D eigenvalue weighted by atomic mass is 79.9. The number of aromatic amines is 1. The SMILES string of the molecule is Brc1cccc2[nH]cc(CCCN3CCNCC3)c12. The summed E-state index contributed by atoms with van der Waals surface area (Å²) in [5, 5.41) is 4.75. The molecular formula is C15H20BrN3. The lowest BCUT2D eigenvalue weighted by atomic mass is 10.1. The lowest BCUT2D eigenvalue weighted by Crippen LogP contribution is -2.43. The standard InChI is InChI=1S/C15H20BrN3/c16-13-4-1-5-14-15(13)12(11-18-14)3-2-8-19-9-6-17-7-10-19/h1,4-5,11,17-18H,2-3,6-10H2. The molecule has 2 N–H and O–H groups in total. The highest BCUT2D eigenvalue weighted by molar-refractivity contribution is 9.10. The summed E-state index contributed by atoms with van der Waals surface area (Å²) in [5.41, 5.74) is 2.66. The number of benzene rings is 1. The van der Waals surface area contributed by atoms with Crippen LogP contribution in [0.15, 0.2) is 28.9 Å². The predicted molar refractivity (Wildman–Crippen MR) is 83.6 cm³/mol. The monoisotopic (exact) mass is 321 g/mol. The molecule has 2 heterocycles. The highest BCUT2D eigenvalue weighted by Crippen LogP contribution is 2.27. The number of piperazine rings is 1. The number of nitrogens with zero attached hydrogens (tertiary/aromatic N) is 1. The van der Waals surface area contributed by atoms with Gasteiger partial charge in [-0.15, -0.1) is 0 Å². The number of nitrogens with one attached hydrogen (secondary N) is 2. The average Bonchev–Trinajstić information content (AvgIpc) is 2.85. The smallest absolute Gasteiger partial charge is 0.0468 e. The number of hydrogen-bond acceptors (Lipinski definition) is 2. The van der Waals surface area contributed by atoms with Crippen LogP contribution in [0.2, 0.25) is 0 Å². The van der Waals surface area contributed by atoms with Gasteiger partial charge in [0.15, 0.2) is 0 Å². The Bertz CT molecular complexity index is 543. The molecule has 0 radical (unpaired) electrons. The van der Waals surface area contributed by atoms with Gasteiger partial charge in [0.05, 0.1) is 0 Å². The zero-order valence-corrected chi connectivity index (χ0v) is 12.7. The quantitative estimate of drug-likeness (QED) is 0.907. The highest BCUT2D eigenvalue weighted by Gasteiger charge is 2.10. The first-order valence-electron chi connectivity index (χ1n) is 7.02. The van der Waals surface area contributed by atoms with E-state index in [0.29, 0.717) is 0 Å². The zero-order valence-electron chi connectivity index (χ0n) is 11.1. The molecule has 102 valence electrons. The Balaban J connectivity index is 1.62. The first-order chi connectivity index (χ1) is 9.34. The van der Waals surface area contributed by atoms with Crippen LogP contribution < -0.4 is 5.32 Å². The second kappa shape index (κ2) is 6.07. The summed E-state index contributed by atoms with van der Waals surface area (Å²) >= 11 is 3.66. The van der Waals surface area contributed by atoms with E-state index in [-0.39, 0.29) is 0 Å². The van der Waals surface area contributed by atoms with E-state index in [1.807, 2.05) is 0 Å². The maximum Gasteiger partial charge on any atom is 0.0468 e. The second-order valence-corrected chi connectivity index (χ2v) is 6.03. The molecule has 19 heavy (non-hydrogen) atoms. The maximum absolute atomic E-state index is 3.66. The fraction of sp³-hybridized carbons (Fsp3) is 0.467. The minimum Gasteiger partial charge on any atom is -0.361 e. The van der Waals surface area contributed by atoms with Crippen molar-refractivity contribution in [2.45, 2.75) is 12.8 Å². The number of halogens is 1. The van der Waals surface area contributed by atoms with Crippen LogP contribution in [0.3, 0.4) is 0 Å². The van der Waals surface area contributed by atoms with Crippen LogP contribution in [0.4, 0.5) is 0 Å². The van der Waals surface area contributed by atoms with Crippen LogP contribution in [0.25, 0.3) is 10.9 Å². The van der Waals surface area contributed by atoms with Crippen molar-refractivity contribution >= 4 is 26.8 Å². The second-order valence-electron chi connectivity index (χ2n) is 5.17. The Morgan fingerprint density at radius 1 is 1.21 bits per heavy atom. The molecule has 0 bridgehead atoms. The third-order valence-corrected chi connectivity index (χ3v) is 4.53. The Labute approximate surface area is 122 Å². The van der Waals surface area contributed by atoms with Crippen molar-refractivity contribution in [1.29, 1.82) is 0 Å². The molecule has 2 aromatic rings. The van der Waals surface area contributed by atoms with E-state index in [0.717, 1.165) is 19.5 Å². The van der Waals surface area contributed by atoms with Crippen molar-refractivity contribution in [3.05, 3.63) is 34.4 Å². The molecule has 1 aliphatic rings. The van der Waals surface area contributed by atoms with Crippen LogP contribution in [0, 0.1) is 0 Å². The van der Waals surface area contributed by atoms with Gasteiger partial charge < -0.3 is 15.2 Å². The van der Waals surface area contributed by atoms with Gasteiger partial charge in [0.2, 0.25) is 0 Å². The molecule has 4 heteroatoms. The van der Waals surface area contributed by atoms with Gasteiger partial charge in [-0.25, -0.2) is 0 Å². The average molecular weight is 322 g/mol. The largest absolute Gasteiger partial charge is 0.361 e. The molecule has 1 aromatic heterocycles. The van der Waals surface area contributed by atoms with Gasteiger partial charge >= 0.3 is 0 Å². The summed E-state index contributed by atoms with van der Waals surface area (Å²) in [6.07, 6.45) is 4.54. The Morgan fingerprint density at radius 2 is 2.05 bits per heavy atom. The molecular weight excluding hydrogens is 302 g/mol. The molecule has 3 rings (SSSR count). The van der Waals surface area contributed by atoms with Crippen molar-refractivity contribution in [3.8, 4) is 0 Å². The van der Waals surface area contributed by atoms with Crippen LogP contribution in [-0.2, 0) is 6.42 Å². The number of fused-ring (bicyclic) bond motifs is 1. The molecule has 0 unspecified atom stereocenters. The van der Waals surface area contributed by atoms with Crippen LogP contribution >= 0.6 is 15.9 Å². The predicted octanol–water partition coefficient (Wildman–Crippen LogP) is 2.77.